The van der Waals surface area contributed by atoms with E-state index in [1.807, 2.05) is 6.07 Å². The molecule has 0 N–H and O–H groups in total. The Labute approximate surface area is 99.9 Å². The summed E-state index contributed by atoms with van der Waals surface area (Å²) >= 11 is 0. The van der Waals surface area contributed by atoms with Gasteiger partial charge < -0.3 is 4.74 Å². The van der Waals surface area contributed by atoms with Gasteiger partial charge >= 0.3 is 6.29 Å². The number of hydrogen-bond acceptors (Lipinski definition) is 5. The molecule has 0 saturated heterocycles. The van der Waals surface area contributed by atoms with E-state index in [4.69, 9.17) is 4.74 Å². The minimum Gasteiger partial charge on any atom is -0.455 e. The second-order valence-electron chi connectivity index (χ2n) is 3.25. The first-order valence-corrected chi connectivity index (χ1v) is 5.96. The molecule has 1 aliphatic rings. The molecule has 1 aromatic rings. The largest absolute Gasteiger partial charge is 0.455 e. The zero-order valence-electron chi connectivity index (χ0n) is 8.62. The molecule has 0 saturated carbocycles. The Morgan fingerprint density at radius 1 is 1.12 bits per heavy atom. The van der Waals surface area contributed by atoms with Crippen molar-refractivity contribution in [1.82, 2.24) is 0 Å². The van der Waals surface area contributed by atoms with Gasteiger partial charge in [-0.25, -0.2) is 0 Å². The zero-order valence-corrected chi connectivity index (χ0v) is 9.37. The van der Waals surface area contributed by atoms with Gasteiger partial charge in [0, 0.05) is 5.57 Å². The fourth-order valence-electron chi connectivity index (χ4n) is 1.44. The van der Waals surface area contributed by atoms with E-state index in [1.165, 1.54) is 6.26 Å². The molecule has 0 fully saturated rings. The molecule has 1 unspecified atom stereocenters. The van der Waals surface area contributed by atoms with Gasteiger partial charge in [0.2, 0.25) is 0 Å². The molecule has 90 valence electrons. The maximum Gasteiger partial charge on any atom is 0.378 e. The average molecular weight is 257 g/mol. The lowest BCUT2D eigenvalue weighted by molar-refractivity contribution is -1.92. The summed E-state index contributed by atoms with van der Waals surface area (Å²) in [5, 5.41) is 0. The summed E-state index contributed by atoms with van der Waals surface area (Å²) < 4.78 is 40.9. The van der Waals surface area contributed by atoms with E-state index in [0.29, 0.717) is 5.57 Å². The summed E-state index contributed by atoms with van der Waals surface area (Å²) in [7, 11) is -4.54. The van der Waals surface area contributed by atoms with Crippen LogP contribution in [0.2, 0.25) is 0 Å². The predicted molar refractivity (Wildman–Crippen MR) is 49.5 cm³/mol. The molecule has 1 atom stereocenters. The number of allylic oxidation sites excluding steroid dienone is 2. The fraction of sp³-hybridized carbons (Fsp3) is 0.0909. The topological polar surface area (TPSA) is 87.6 Å². The van der Waals surface area contributed by atoms with E-state index in [2.05, 4.69) is 4.29 Å². The van der Waals surface area contributed by atoms with Gasteiger partial charge in [-0.15, -0.1) is 0 Å². The van der Waals surface area contributed by atoms with Crippen LogP contribution in [0.15, 0.2) is 48.7 Å². The van der Waals surface area contributed by atoms with Crippen molar-refractivity contribution in [1.29, 1.82) is 0 Å². The van der Waals surface area contributed by atoms with Crippen LogP contribution in [0, 0.1) is 10.2 Å². The van der Waals surface area contributed by atoms with Crippen LogP contribution in [-0.4, -0.2) is 6.29 Å². The normalized spacial score (nSPS) is 19.7. The van der Waals surface area contributed by atoms with Crippen LogP contribution in [0.5, 0.6) is 0 Å². The quantitative estimate of drug-likeness (QED) is 0.682. The average Bonchev–Trinajstić information content (AvgIpc) is 2.29. The van der Waals surface area contributed by atoms with Crippen molar-refractivity contribution < 1.29 is 33.2 Å². The lowest BCUT2D eigenvalue weighted by Gasteiger charge is -2.21. The van der Waals surface area contributed by atoms with E-state index in [9.17, 15) is 14.0 Å². The Morgan fingerprint density at radius 2 is 1.82 bits per heavy atom. The predicted octanol–water partition coefficient (Wildman–Crippen LogP) is -1.15. The third-order valence-corrected chi connectivity index (χ3v) is 2.49. The van der Waals surface area contributed by atoms with E-state index >= 15 is 0 Å². The van der Waals surface area contributed by atoms with Crippen LogP contribution in [0.4, 0.5) is 0 Å². The van der Waals surface area contributed by atoms with Crippen molar-refractivity contribution in [2.24, 2.45) is 0 Å². The lowest BCUT2D eigenvalue weighted by Crippen LogP contribution is -2.62. The highest BCUT2D eigenvalue weighted by Crippen LogP contribution is 2.25. The molecule has 17 heavy (non-hydrogen) atoms. The second-order valence-corrected chi connectivity index (χ2v) is 4.19. The molecule has 0 amide bonds. The lowest BCUT2D eigenvalue weighted by atomic mass is 10.0. The van der Waals surface area contributed by atoms with Crippen LogP contribution in [0.25, 0.3) is 5.57 Å². The molecule has 0 radical (unpaired) electrons. The molecular formula is C11H9ClO5. The molecule has 0 aromatic heterocycles. The van der Waals surface area contributed by atoms with Gasteiger partial charge in [0.1, 0.15) is 4.29 Å². The van der Waals surface area contributed by atoms with Crippen LogP contribution in [-0.2, 0) is 9.03 Å². The van der Waals surface area contributed by atoms with Gasteiger partial charge in [-0.2, -0.15) is 14.0 Å². The standard InChI is InChI=1S/C11H9ClO5/c13-12(14,15)17-11-10(7-4-8-16-11)9-5-2-1-3-6-9/h1-8,11H. The number of rotatable bonds is 3. The molecule has 0 bridgehead atoms. The van der Waals surface area contributed by atoms with Crippen LogP contribution in [0.1, 0.15) is 5.56 Å². The first-order valence-electron chi connectivity index (χ1n) is 4.73. The highest BCUT2D eigenvalue weighted by molar-refractivity contribution is 5.69. The van der Waals surface area contributed by atoms with Crippen molar-refractivity contribution in [3.05, 3.63) is 54.3 Å². The Hall–Kier alpha value is -1.37. The van der Waals surface area contributed by atoms with E-state index in [0.717, 1.165) is 5.56 Å². The summed E-state index contributed by atoms with van der Waals surface area (Å²) in [5.41, 5.74) is 1.20. The zero-order chi connectivity index (χ0) is 12.3. The van der Waals surface area contributed by atoms with Gasteiger partial charge in [0.25, 0.3) is 0 Å². The first-order chi connectivity index (χ1) is 8.06. The highest BCUT2D eigenvalue weighted by Gasteiger charge is 2.34. The third-order valence-electron chi connectivity index (χ3n) is 2.11. The van der Waals surface area contributed by atoms with Gasteiger partial charge in [-0.3, -0.25) is 0 Å². The molecule has 1 aromatic carbocycles. The van der Waals surface area contributed by atoms with Crippen LogP contribution < -0.4 is 14.0 Å². The van der Waals surface area contributed by atoms with Crippen LogP contribution >= 0.6 is 0 Å². The Balaban J connectivity index is 2.24. The Bertz CT molecular complexity index is 435. The summed E-state index contributed by atoms with van der Waals surface area (Å²) in [6.07, 6.45) is 3.24. The van der Waals surface area contributed by atoms with Crippen molar-refractivity contribution in [2.75, 3.05) is 0 Å². The maximum absolute atomic E-state index is 10.5. The molecule has 2 rings (SSSR count). The minimum atomic E-state index is -4.54. The van der Waals surface area contributed by atoms with Crippen molar-refractivity contribution in [3.8, 4) is 0 Å². The summed E-state index contributed by atoms with van der Waals surface area (Å²) in [6, 6.07) is 8.92. The molecule has 5 nitrogen and oxygen atoms in total. The number of halogens is 1. The Morgan fingerprint density at radius 3 is 2.47 bits per heavy atom. The van der Waals surface area contributed by atoms with Crippen LogP contribution in [0.3, 0.4) is 0 Å². The van der Waals surface area contributed by atoms with Crippen molar-refractivity contribution >= 4 is 5.57 Å². The number of ether oxygens (including phenoxy) is 1. The summed E-state index contributed by atoms with van der Waals surface area (Å²) in [5.74, 6) is 0. The smallest absolute Gasteiger partial charge is 0.378 e. The monoisotopic (exact) mass is 256 g/mol. The van der Waals surface area contributed by atoms with E-state index in [-0.39, 0.29) is 0 Å². The number of hydrogen-bond donors (Lipinski definition) is 0. The third kappa shape index (κ3) is 3.29. The fourth-order valence-corrected chi connectivity index (χ4v) is 1.78. The highest BCUT2D eigenvalue weighted by atomic mass is 35.7. The molecule has 1 heterocycles. The van der Waals surface area contributed by atoms with Crippen molar-refractivity contribution in [3.63, 3.8) is 0 Å². The Kier molecular flexibility index (Phi) is 3.46. The number of benzene rings is 1. The van der Waals surface area contributed by atoms with Crippen molar-refractivity contribution in [2.45, 2.75) is 6.29 Å². The second kappa shape index (κ2) is 4.87. The van der Waals surface area contributed by atoms with E-state index in [1.54, 1.807) is 36.4 Å². The SMILES string of the molecule is [O-][Cl+3]([O-])([O-])OC1OC=CC=C1c1ccccc1. The maximum atomic E-state index is 10.5. The van der Waals surface area contributed by atoms with Gasteiger partial charge in [0.05, 0.1) is 16.5 Å². The van der Waals surface area contributed by atoms with Gasteiger partial charge in [-0.05, 0) is 17.7 Å². The summed E-state index contributed by atoms with van der Waals surface area (Å²) in [6.45, 7) is 0. The molecule has 1 aliphatic heterocycles. The molecule has 6 heteroatoms. The van der Waals surface area contributed by atoms with E-state index < -0.39 is 16.5 Å². The minimum absolute atomic E-state index is 0.472. The molecule has 0 aliphatic carbocycles. The summed E-state index contributed by atoms with van der Waals surface area (Å²) in [4.78, 5) is 0. The first kappa shape index (κ1) is 12.1. The molecular weight excluding hydrogens is 248 g/mol. The van der Waals surface area contributed by atoms with Gasteiger partial charge in [-0.1, -0.05) is 30.3 Å². The molecule has 0 spiro atoms. The van der Waals surface area contributed by atoms with Gasteiger partial charge in [0.15, 0.2) is 0 Å².